The van der Waals surface area contributed by atoms with Crippen LogP contribution in [0.25, 0.3) is 0 Å². The van der Waals surface area contributed by atoms with Crippen LogP contribution < -0.4 is 15.4 Å². The average Bonchev–Trinajstić information content (AvgIpc) is 2.40. The van der Waals surface area contributed by atoms with E-state index in [1.807, 2.05) is 0 Å². The summed E-state index contributed by atoms with van der Waals surface area (Å²) in [6.45, 7) is 12.3. The summed E-state index contributed by atoms with van der Waals surface area (Å²) in [5, 5.41) is 5.95. The fourth-order valence-corrected chi connectivity index (χ4v) is 1.04. The zero-order chi connectivity index (χ0) is 13.2. The van der Waals surface area contributed by atoms with Crippen molar-refractivity contribution in [1.82, 2.24) is 15.0 Å². The van der Waals surface area contributed by atoms with Crippen LogP contribution in [0.4, 0.5) is 11.9 Å². The van der Waals surface area contributed by atoms with Crippen LogP contribution in [0.1, 0.15) is 0 Å². The largest absolute Gasteiger partial charge is 0.459 e. The van der Waals surface area contributed by atoms with E-state index in [-0.39, 0.29) is 6.01 Å². The zero-order valence-corrected chi connectivity index (χ0v) is 10.2. The third kappa shape index (κ3) is 4.65. The second-order valence-corrected chi connectivity index (χ2v) is 3.20. The Bertz CT molecular complexity index is 345. The Kier molecular flexibility index (Phi) is 5.96. The third-order valence-corrected chi connectivity index (χ3v) is 1.75. The van der Waals surface area contributed by atoms with Crippen LogP contribution in [0.5, 0.6) is 6.01 Å². The predicted molar refractivity (Wildman–Crippen MR) is 72.9 cm³/mol. The fourth-order valence-electron chi connectivity index (χ4n) is 1.04. The topological polar surface area (TPSA) is 72.0 Å². The maximum absolute atomic E-state index is 5.28. The maximum atomic E-state index is 5.28. The van der Waals surface area contributed by atoms with Crippen LogP contribution in [0.15, 0.2) is 38.0 Å². The summed E-state index contributed by atoms with van der Waals surface area (Å²) in [5.74, 6) is 0.853. The molecule has 0 aliphatic heterocycles. The lowest BCUT2D eigenvalue weighted by Gasteiger charge is -2.08. The second kappa shape index (κ2) is 7.83. The molecule has 0 saturated carbocycles. The van der Waals surface area contributed by atoms with Gasteiger partial charge in [0.05, 0.1) is 0 Å². The first-order valence-corrected chi connectivity index (χ1v) is 5.49. The first-order chi connectivity index (χ1) is 8.80. The Morgan fingerprint density at radius 1 is 0.889 bits per heavy atom. The molecule has 6 nitrogen and oxygen atoms in total. The van der Waals surface area contributed by atoms with Gasteiger partial charge in [0.25, 0.3) is 0 Å². The lowest BCUT2D eigenvalue weighted by atomic mass is 10.6. The van der Waals surface area contributed by atoms with Gasteiger partial charge in [-0.25, -0.2) is 0 Å². The number of aromatic nitrogens is 3. The van der Waals surface area contributed by atoms with Crippen molar-refractivity contribution in [2.24, 2.45) is 0 Å². The van der Waals surface area contributed by atoms with Crippen molar-refractivity contribution >= 4 is 11.9 Å². The van der Waals surface area contributed by atoms with Gasteiger partial charge in [-0.1, -0.05) is 24.8 Å². The molecular formula is C12H17N5O. The van der Waals surface area contributed by atoms with Gasteiger partial charge in [-0.2, -0.15) is 15.0 Å². The number of nitrogens with zero attached hydrogens (tertiary/aromatic N) is 3. The van der Waals surface area contributed by atoms with Crippen molar-refractivity contribution in [3.8, 4) is 6.01 Å². The number of hydrogen-bond acceptors (Lipinski definition) is 6. The van der Waals surface area contributed by atoms with E-state index >= 15 is 0 Å². The summed E-state index contributed by atoms with van der Waals surface area (Å²) < 4.78 is 5.28. The van der Waals surface area contributed by atoms with E-state index in [9.17, 15) is 0 Å². The van der Waals surface area contributed by atoms with Gasteiger partial charge in [0.1, 0.15) is 6.61 Å². The number of nitrogens with one attached hydrogen (secondary N) is 2. The standard InChI is InChI=1S/C12H17N5O/c1-4-7-13-10-15-11(14-8-5-2)17-12(16-10)18-9-6-3/h4-6H,1-3,7-9H2,(H2,13,14,15,16,17). The minimum Gasteiger partial charge on any atom is -0.459 e. The van der Waals surface area contributed by atoms with Gasteiger partial charge in [0.2, 0.25) is 11.9 Å². The van der Waals surface area contributed by atoms with E-state index in [0.717, 1.165) is 0 Å². The maximum Gasteiger partial charge on any atom is 0.323 e. The van der Waals surface area contributed by atoms with Crippen LogP contribution >= 0.6 is 0 Å². The molecule has 0 saturated heterocycles. The Morgan fingerprint density at radius 3 is 1.89 bits per heavy atom. The van der Waals surface area contributed by atoms with Crippen molar-refractivity contribution < 1.29 is 4.74 Å². The quantitative estimate of drug-likeness (QED) is 0.646. The highest BCUT2D eigenvalue weighted by atomic mass is 16.5. The van der Waals surface area contributed by atoms with E-state index in [4.69, 9.17) is 4.74 Å². The first-order valence-electron chi connectivity index (χ1n) is 5.49. The van der Waals surface area contributed by atoms with Gasteiger partial charge in [-0.3, -0.25) is 0 Å². The Labute approximate surface area is 107 Å². The monoisotopic (exact) mass is 247 g/mol. The summed E-state index contributed by atoms with van der Waals surface area (Å²) in [6.07, 6.45) is 5.05. The van der Waals surface area contributed by atoms with E-state index < -0.39 is 0 Å². The molecule has 1 rings (SSSR count). The molecule has 0 aliphatic rings. The van der Waals surface area contributed by atoms with Crippen molar-refractivity contribution in [3.05, 3.63) is 38.0 Å². The van der Waals surface area contributed by atoms with E-state index in [0.29, 0.717) is 31.6 Å². The Balaban J connectivity index is 2.83. The highest BCUT2D eigenvalue weighted by Gasteiger charge is 2.05. The Hall–Kier alpha value is -2.37. The third-order valence-electron chi connectivity index (χ3n) is 1.75. The summed E-state index contributed by atoms with van der Waals surface area (Å²) in [4.78, 5) is 12.4. The van der Waals surface area contributed by atoms with Crippen LogP contribution in [0, 0.1) is 0 Å². The van der Waals surface area contributed by atoms with Gasteiger partial charge in [-0.05, 0) is 0 Å². The number of rotatable bonds is 9. The molecule has 6 heteroatoms. The predicted octanol–water partition coefficient (Wildman–Crippen LogP) is 1.63. The normalized spacial score (nSPS) is 9.33. The van der Waals surface area contributed by atoms with Crippen molar-refractivity contribution in [2.75, 3.05) is 30.3 Å². The molecule has 0 fully saturated rings. The highest BCUT2D eigenvalue weighted by molar-refractivity contribution is 5.36. The molecule has 1 heterocycles. The number of ether oxygens (including phenoxy) is 1. The van der Waals surface area contributed by atoms with Gasteiger partial charge in [0, 0.05) is 13.1 Å². The van der Waals surface area contributed by atoms with Crippen LogP contribution in [-0.4, -0.2) is 34.6 Å². The molecule has 2 N–H and O–H groups in total. The highest BCUT2D eigenvalue weighted by Crippen LogP contribution is 2.10. The minimum absolute atomic E-state index is 0.239. The molecule has 18 heavy (non-hydrogen) atoms. The molecular weight excluding hydrogens is 230 g/mol. The van der Waals surface area contributed by atoms with Crippen molar-refractivity contribution in [2.45, 2.75) is 0 Å². The van der Waals surface area contributed by atoms with Gasteiger partial charge < -0.3 is 15.4 Å². The lowest BCUT2D eigenvalue weighted by molar-refractivity contribution is 0.333. The first kappa shape index (κ1) is 13.7. The van der Waals surface area contributed by atoms with Crippen LogP contribution in [-0.2, 0) is 0 Å². The summed E-state index contributed by atoms with van der Waals surface area (Å²) in [7, 11) is 0. The molecule has 0 unspecified atom stereocenters. The molecule has 1 aromatic heterocycles. The Morgan fingerprint density at radius 2 is 1.44 bits per heavy atom. The smallest absolute Gasteiger partial charge is 0.323 e. The summed E-state index contributed by atoms with van der Waals surface area (Å²) >= 11 is 0. The fraction of sp³-hybridized carbons (Fsp3) is 0.250. The zero-order valence-electron chi connectivity index (χ0n) is 10.2. The van der Waals surface area contributed by atoms with Crippen molar-refractivity contribution in [3.63, 3.8) is 0 Å². The van der Waals surface area contributed by atoms with Gasteiger partial charge >= 0.3 is 6.01 Å². The molecule has 0 bridgehead atoms. The second-order valence-electron chi connectivity index (χ2n) is 3.20. The molecule has 0 aromatic carbocycles. The molecule has 0 atom stereocenters. The molecule has 96 valence electrons. The minimum atomic E-state index is 0.239. The number of hydrogen-bond donors (Lipinski definition) is 2. The molecule has 0 spiro atoms. The molecule has 0 radical (unpaired) electrons. The van der Waals surface area contributed by atoms with E-state index in [1.54, 1.807) is 18.2 Å². The van der Waals surface area contributed by atoms with E-state index in [2.05, 4.69) is 45.3 Å². The SMILES string of the molecule is C=CCNc1nc(NCC=C)nc(OCC=C)n1. The number of anilines is 2. The van der Waals surface area contributed by atoms with Crippen LogP contribution in [0.2, 0.25) is 0 Å². The average molecular weight is 247 g/mol. The summed E-state index contributed by atoms with van der Waals surface area (Å²) in [6, 6.07) is 0.239. The molecule has 0 aliphatic carbocycles. The van der Waals surface area contributed by atoms with Crippen LogP contribution in [0.3, 0.4) is 0 Å². The molecule has 0 amide bonds. The van der Waals surface area contributed by atoms with E-state index in [1.165, 1.54) is 0 Å². The van der Waals surface area contributed by atoms with Crippen molar-refractivity contribution in [1.29, 1.82) is 0 Å². The summed E-state index contributed by atoms with van der Waals surface area (Å²) in [5.41, 5.74) is 0. The lowest BCUT2D eigenvalue weighted by Crippen LogP contribution is -2.11. The van der Waals surface area contributed by atoms with Gasteiger partial charge in [0.15, 0.2) is 0 Å². The molecule has 1 aromatic rings. The van der Waals surface area contributed by atoms with Gasteiger partial charge in [-0.15, -0.1) is 13.2 Å².